The highest BCUT2D eigenvalue weighted by atomic mass is 16.5. The van der Waals surface area contributed by atoms with E-state index in [9.17, 15) is 4.79 Å². The minimum atomic E-state index is -0.232. The summed E-state index contributed by atoms with van der Waals surface area (Å²) in [6.45, 7) is 5.59. The molecule has 6 nitrogen and oxygen atoms in total. The first kappa shape index (κ1) is 15.8. The van der Waals surface area contributed by atoms with E-state index in [1.165, 1.54) is 6.33 Å². The van der Waals surface area contributed by atoms with Gasteiger partial charge in [0, 0.05) is 12.6 Å². The largest absolute Gasteiger partial charge is 0.496 e. The summed E-state index contributed by atoms with van der Waals surface area (Å²) in [6, 6.07) is 5.12. The molecule has 1 amide bonds. The van der Waals surface area contributed by atoms with Gasteiger partial charge in [0.2, 0.25) is 0 Å². The number of hydrogen-bond acceptors (Lipinski definition) is 4. The summed E-state index contributed by atoms with van der Waals surface area (Å²) in [6.07, 6.45) is 3.89. The lowest BCUT2D eigenvalue weighted by Crippen LogP contribution is -2.28. The van der Waals surface area contributed by atoms with Crippen molar-refractivity contribution in [2.24, 2.45) is 7.05 Å². The number of carbonyl (C=O) groups excluding carboxylic acids is 1. The second-order valence-electron chi connectivity index (χ2n) is 4.96. The third-order valence-corrected chi connectivity index (χ3v) is 3.39. The van der Waals surface area contributed by atoms with Gasteiger partial charge in [-0.3, -0.25) is 9.48 Å². The Bertz CT molecular complexity index is 679. The molecule has 0 radical (unpaired) electrons. The molecule has 2 aromatic rings. The molecule has 0 aliphatic rings. The third kappa shape index (κ3) is 3.33. The third-order valence-electron chi connectivity index (χ3n) is 3.39. The number of carbonyl (C=O) groups is 1. The van der Waals surface area contributed by atoms with E-state index in [-0.39, 0.29) is 11.9 Å². The highest BCUT2D eigenvalue weighted by molar-refractivity contribution is 5.94. The van der Waals surface area contributed by atoms with Gasteiger partial charge >= 0.3 is 0 Å². The molecule has 0 bridgehead atoms. The SMILES string of the molecule is C=CCc1cc(C(=O)N[C@@H](C)c2ncnn2C)ccc1OC. The van der Waals surface area contributed by atoms with E-state index in [1.54, 1.807) is 37.0 Å². The van der Waals surface area contributed by atoms with Gasteiger partial charge in [-0.05, 0) is 37.1 Å². The molecular weight excluding hydrogens is 280 g/mol. The van der Waals surface area contributed by atoms with Crippen molar-refractivity contribution in [3.05, 3.63) is 54.1 Å². The van der Waals surface area contributed by atoms with E-state index >= 15 is 0 Å². The molecule has 0 unspecified atom stereocenters. The lowest BCUT2D eigenvalue weighted by atomic mass is 10.1. The fourth-order valence-electron chi connectivity index (χ4n) is 2.28. The number of nitrogens with one attached hydrogen (secondary N) is 1. The van der Waals surface area contributed by atoms with Gasteiger partial charge in [-0.15, -0.1) is 6.58 Å². The van der Waals surface area contributed by atoms with E-state index in [4.69, 9.17) is 4.74 Å². The summed E-state index contributed by atoms with van der Waals surface area (Å²) in [5, 5.41) is 6.92. The maximum atomic E-state index is 12.4. The second-order valence-corrected chi connectivity index (χ2v) is 4.96. The molecule has 1 atom stereocenters. The minimum absolute atomic E-state index is 0.163. The van der Waals surface area contributed by atoms with Crippen molar-refractivity contribution >= 4 is 5.91 Å². The van der Waals surface area contributed by atoms with Crippen molar-refractivity contribution in [1.82, 2.24) is 20.1 Å². The summed E-state index contributed by atoms with van der Waals surface area (Å²) < 4.78 is 6.93. The summed E-state index contributed by atoms with van der Waals surface area (Å²) >= 11 is 0. The molecule has 6 heteroatoms. The van der Waals surface area contributed by atoms with Crippen molar-refractivity contribution in [1.29, 1.82) is 0 Å². The first-order valence-electron chi connectivity index (χ1n) is 6.99. The summed E-state index contributed by atoms with van der Waals surface area (Å²) in [7, 11) is 3.40. The van der Waals surface area contributed by atoms with Crippen LogP contribution in [0.1, 0.15) is 34.7 Å². The smallest absolute Gasteiger partial charge is 0.251 e. The van der Waals surface area contributed by atoms with Crippen LogP contribution in [0, 0.1) is 0 Å². The molecule has 0 saturated carbocycles. The van der Waals surface area contributed by atoms with Crippen molar-refractivity contribution in [3.63, 3.8) is 0 Å². The lowest BCUT2D eigenvalue weighted by molar-refractivity contribution is 0.0937. The Labute approximate surface area is 129 Å². The van der Waals surface area contributed by atoms with Gasteiger partial charge in [-0.25, -0.2) is 4.98 Å². The predicted molar refractivity (Wildman–Crippen MR) is 83.8 cm³/mol. The summed E-state index contributed by atoms with van der Waals surface area (Å²) in [5.74, 6) is 1.29. The number of benzene rings is 1. The molecule has 116 valence electrons. The van der Waals surface area contributed by atoms with Gasteiger partial charge in [0.05, 0.1) is 13.2 Å². The number of aromatic nitrogens is 3. The van der Waals surface area contributed by atoms with Crippen LogP contribution in [0.3, 0.4) is 0 Å². The molecule has 22 heavy (non-hydrogen) atoms. The van der Waals surface area contributed by atoms with Crippen LogP contribution in [0.15, 0.2) is 37.2 Å². The number of hydrogen-bond donors (Lipinski definition) is 1. The maximum Gasteiger partial charge on any atom is 0.251 e. The average Bonchev–Trinajstić information content (AvgIpc) is 2.93. The number of methoxy groups -OCH3 is 1. The van der Waals surface area contributed by atoms with Crippen molar-refractivity contribution in [2.75, 3.05) is 7.11 Å². The standard InChI is InChI=1S/C16H20N4O2/c1-5-6-12-9-13(7-8-14(12)22-4)16(21)19-11(2)15-17-10-18-20(15)3/h5,7-11H,1,6H2,2-4H3,(H,19,21)/t11-/m0/s1. The molecule has 0 fully saturated rings. The number of ether oxygens (including phenoxy) is 1. The van der Waals surface area contributed by atoms with Crippen LogP contribution in [-0.2, 0) is 13.5 Å². The number of allylic oxidation sites excluding steroid dienone is 1. The molecule has 0 saturated heterocycles. The minimum Gasteiger partial charge on any atom is -0.496 e. The lowest BCUT2D eigenvalue weighted by Gasteiger charge is -2.14. The zero-order valence-electron chi connectivity index (χ0n) is 13.0. The Kier molecular flexibility index (Phi) is 4.93. The average molecular weight is 300 g/mol. The van der Waals surface area contributed by atoms with Gasteiger partial charge in [0.1, 0.15) is 17.9 Å². The Morgan fingerprint density at radius 2 is 2.32 bits per heavy atom. The fourth-order valence-corrected chi connectivity index (χ4v) is 2.28. The van der Waals surface area contributed by atoms with Crippen LogP contribution in [0.4, 0.5) is 0 Å². The van der Waals surface area contributed by atoms with Crippen LogP contribution < -0.4 is 10.1 Å². The number of amides is 1. The van der Waals surface area contributed by atoms with Crippen molar-refractivity contribution < 1.29 is 9.53 Å². The monoisotopic (exact) mass is 300 g/mol. The highest BCUT2D eigenvalue weighted by Crippen LogP contribution is 2.21. The summed E-state index contributed by atoms with van der Waals surface area (Å²) in [4.78, 5) is 16.5. The maximum absolute atomic E-state index is 12.4. The molecule has 1 aromatic carbocycles. The number of nitrogens with zero attached hydrogens (tertiary/aromatic N) is 3. The van der Waals surface area contributed by atoms with Crippen LogP contribution in [0.2, 0.25) is 0 Å². The van der Waals surface area contributed by atoms with E-state index in [1.807, 2.05) is 13.0 Å². The van der Waals surface area contributed by atoms with Gasteiger partial charge in [0.25, 0.3) is 5.91 Å². The van der Waals surface area contributed by atoms with E-state index in [0.29, 0.717) is 17.8 Å². The van der Waals surface area contributed by atoms with Crippen LogP contribution >= 0.6 is 0 Å². The number of aryl methyl sites for hydroxylation is 1. The highest BCUT2D eigenvalue weighted by Gasteiger charge is 2.16. The Hall–Kier alpha value is -2.63. The Balaban J connectivity index is 2.17. The first-order chi connectivity index (χ1) is 10.6. The van der Waals surface area contributed by atoms with E-state index in [0.717, 1.165) is 11.3 Å². The number of rotatable bonds is 6. The first-order valence-corrected chi connectivity index (χ1v) is 6.99. The zero-order chi connectivity index (χ0) is 16.1. The van der Waals surface area contributed by atoms with Crippen LogP contribution in [0.25, 0.3) is 0 Å². The molecule has 1 aromatic heterocycles. The molecule has 2 rings (SSSR count). The molecule has 1 N–H and O–H groups in total. The van der Waals surface area contributed by atoms with Crippen molar-refractivity contribution in [3.8, 4) is 5.75 Å². The molecular formula is C16H20N4O2. The summed E-state index contributed by atoms with van der Waals surface area (Å²) in [5.41, 5.74) is 1.50. The Morgan fingerprint density at radius 3 is 2.91 bits per heavy atom. The van der Waals surface area contributed by atoms with Gasteiger partial charge in [0.15, 0.2) is 0 Å². The van der Waals surface area contributed by atoms with Gasteiger partial charge in [-0.2, -0.15) is 5.10 Å². The molecule has 1 heterocycles. The topological polar surface area (TPSA) is 69.0 Å². The van der Waals surface area contributed by atoms with Gasteiger partial charge < -0.3 is 10.1 Å². The second kappa shape index (κ2) is 6.89. The van der Waals surface area contributed by atoms with Crippen LogP contribution in [0.5, 0.6) is 5.75 Å². The van der Waals surface area contributed by atoms with Crippen molar-refractivity contribution in [2.45, 2.75) is 19.4 Å². The predicted octanol–water partition coefficient (Wildman–Crippen LogP) is 2.04. The van der Waals surface area contributed by atoms with E-state index in [2.05, 4.69) is 22.0 Å². The Morgan fingerprint density at radius 1 is 1.55 bits per heavy atom. The molecule has 0 aliphatic carbocycles. The van der Waals surface area contributed by atoms with Crippen LogP contribution in [-0.4, -0.2) is 27.8 Å². The normalized spacial score (nSPS) is 11.8. The van der Waals surface area contributed by atoms with Gasteiger partial charge in [-0.1, -0.05) is 6.08 Å². The molecule has 0 spiro atoms. The fraction of sp³-hybridized carbons (Fsp3) is 0.312. The van der Waals surface area contributed by atoms with E-state index < -0.39 is 0 Å². The zero-order valence-corrected chi connectivity index (χ0v) is 13.0. The quantitative estimate of drug-likeness (QED) is 0.829. The molecule has 0 aliphatic heterocycles.